The average molecular weight is 544 g/mol. The summed E-state index contributed by atoms with van der Waals surface area (Å²) in [6.45, 7) is 8.37. The van der Waals surface area contributed by atoms with Gasteiger partial charge in [0.2, 0.25) is 0 Å². The van der Waals surface area contributed by atoms with Gasteiger partial charge in [-0.3, -0.25) is 14.5 Å². The first-order chi connectivity index (χ1) is 19.4. The van der Waals surface area contributed by atoms with Crippen LogP contribution in [0.1, 0.15) is 35.3 Å². The van der Waals surface area contributed by atoms with Crippen molar-refractivity contribution in [3.63, 3.8) is 0 Å². The number of piperazine rings is 1. The van der Waals surface area contributed by atoms with Crippen LogP contribution in [-0.2, 0) is 11.3 Å². The molecule has 0 radical (unpaired) electrons. The molecule has 210 valence electrons. The number of anilines is 1. The summed E-state index contributed by atoms with van der Waals surface area (Å²) in [7, 11) is 1.71. The molecule has 0 unspecified atom stereocenters. The van der Waals surface area contributed by atoms with Crippen LogP contribution >= 0.6 is 0 Å². The lowest BCUT2D eigenvalue weighted by atomic mass is 10.1. The van der Waals surface area contributed by atoms with E-state index in [1.165, 1.54) is 0 Å². The van der Waals surface area contributed by atoms with Crippen molar-refractivity contribution in [2.75, 3.05) is 44.8 Å². The van der Waals surface area contributed by atoms with E-state index in [1.54, 1.807) is 37.6 Å². The van der Waals surface area contributed by atoms with Crippen LogP contribution in [0.2, 0.25) is 0 Å². The van der Waals surface area contributed by atoms with Gasteiger partial charge in [-0.2, -0.15) is 5.10 Å². The predicted molar refractivity (Wildman–Crippen MR) is 157 cm³/mol. The number of hydrazone groups is 1. The van der Waals surface area contributed by atoms with Crippen LogP contribution in [-0.4, -0.2) is 68.9 Å². The highest BCUT2D eigenvalue weighted by Crippen LogP contribution is 2.28. The van der Waals surface area contributed by atoms with Crippen molar-refractivity contribution in [2.45, 2.75) is 26.4 Å². The van der Waals surface area contributed by atoms with Crippen LogP contribution in [0.4, 0.5) is 5.69 Å². The summed E-state index contributed by atoms with van der Waals surface area (Å²) in [6.07, 6.45) is 1.56. The Bertz CT molecular complexity index is 1280. The van der Waals surface area contributed by atoms with Gasteiger partial charge in [-0.05, 0) is 73.5 Å². The minimum Gasteiger partial charge on any atom is -0.495 e. The quantitative estimate of drug-likeness (QED) is 0.283. The van der Waals surface area contributed by atoms with Crippen LogP contribution in [0.15, 0.2) is 77.9 Å². The van der Waals surface area contributed by atoms with Crippen molar-refractivity contribution in [3.8, 4) is 11.5 Å². The highest BCUT2D eigenvalue weighted by Gasteiger charge is 2.19. The first-order valence-corrected chi connectivity index (χ1v) is 13.5. The number of amides is 2. The number of carbonyl (C=O) groups is 2. The molecule has 3 aromatic carbocycles. The SMILES string of the molecule is COc1ccccc1N1CCN(Cc2ccc(C(=O)NN=Cc3ccc(OCC(=O)NC(C)C)cc3)cc2)CC1. The maximum atomic E-state index is 12.5. The fraction of sp³-hybridized carbons (Fsp3) is 0.323. The summed E-state index contributed by atoms with van der Waals surface area (Å²) in [4.78, 5) is 29.0. The molecular formula is C31H37N5O4. The van der Waals surface area contributed by atoms with E-state index in [0.29, 0.717) is 11.3 Å². The summed E-state index contributed by atoms with van der Waals surface area (Å²) in [5.41, 5.74) is 6.21. The predicted octanol–water partition coefficient (Wildman–Crippen LogP) is 3.68. The topological polar surface area (TPSA) is 95.5 Å². The molecule has 1 heterocycles. The summed E-state index contributed by atoms with van der Waals surface area (Å²) >= 11 is 0. The Kier molecular flexibility index (Phi) is 10.1. The van der Waals surface area contributed by atoms with Gasteiger partial charge in [-0.1, -0.05) is 24.3 Å². The monoisotopic (exact) mass is 543 g/mol. The van der Waals surface area contributed by atoms with Crippen LogP contribution < -0.4 is 25.1 Å². The number of hydrogen-bond donors (Lipinski definition) is 2. The fourth-order valence-electron chi connectivity index (χ4n) is 4.45. The van der Waals surface area contributed by atoms with Crippen molar-refractivity contribution in [3.05, 3.63) is 89.5 Å². The second-order valence-electron chi connectivity index (χ2n) is 9.91. The Labute approximate surface area is 235 Å². The number of methoxy groups -OCH3 is 1. The Morgan fingerprint density at radius 2 is 1.65 bits per heavy atom. The van der Waals surface area contributed by atoms with E-state index in [2.05, 4.69) is 31.7 Å². The van der Waals surface area contributed by atoms with E-state index in [0.717, 1.165) is 55.3 Å². The molecule has 4 rings (SSSR count). The molecule has 0 aliphatic carbocycles. The maximum Gasteiger partial charge on any atom is 0.271 e. The third-order valence-electron chi connectivity index (χ3n) is 6.50. The zero-order valence-electron chi connectivity index (χ0n) is 23.3. The largest absolute Gasteiger partial charge is 0.495 e. The van der Waals surface area contributed by atoms with Crippen LogP contribution in [0.3, 0.4) is 0 Å². The first kappa shape index (κ1) is 28.6. The molecule has 40 heavy (non-hydrogen) atoms. The number of nitrogens with zero attached hydrogens (tertiary/aromatic N) is 3. The molecule has 1 fully saturated rings. The summed E-state index contributed by atoms with van der Waals surface area (Å²) < 4.78 is 11.0. The van der Waals surface area contributed by atoms with Gasteiger partial charge in [0.05, 0.1) is 19.0 Å². The minimum absolute atomic E-state index is 0.0407. The Hall–Kier alpha value is -4.37. The number of nitrogens with one attached hydrogen (secondary N) is 2. The van der Waals surface area contributed by atoms with E-state index in [4.69, 9.17) is 9.47 Å². The lowest BCUT2D eigenvalue weighted by Crippen LogP contribution is -2.46. The van der Waals surface area contributed by atoms with Crippen molar-refractivity contribution in [2.24, 2.45) is 5.10 Å². The molecule has 2 amide bonds. The molecule has 0 spiro atoms. The van der Waals surface area contributed by atoms with Crippen molar-refractivity contribution < 1.29 is 19.1 Å². The third kappa shape index (κ3) is 8.31. The molecule has 3 aromatic rings. The molecule has 1 aliphatic rings. The normalized spacial score (nSPS) is 13.8. The summed E-state index contributed by atoms with van der Waals surface area (Å²) in [5.74, 6) is 1.04. The van der Waals surface area contributed by atoms with Crippen LogP contribution in [0.25, 0.3) is 0 Å². The summed E-state index contributed by atoms with van der Waals surface area (Å²) in [6, 6.07) is 22.9. The van der Waals surface area contributed by atoms with E-state index in [9.17, 15) is 9.59 Å². The number of ether oxygens (including phenoxy) is 2. The molecule has 1 saturated heterocycles. The van der Waals surface area contributed by atoms with Gasteiger partial charge < -0.3 is 19.7 Å². The first-order valence-electron chi connectivity index (χ1n) is 13.5. The molecule has 9 heteroatoms. The fourth-order valence-corrected chi connectivity index (χ4v) is 4.45. The highest BCUT2D eigenvalue weighted by molar-refractivity contribution is 5.94. The number of hydrogen-bond acceptors (Lipinski definition) is 7. The lowest BCUT2D eigenvalue weighted by Gasteiger charge is -2.36. The molecule has 1 aliphatic heterocycles. The zero-order valence-corrected chi connectivity index (χ0v) is 23.3. The molecule has 0 saturated carbocycles. The van der Waals surface area contributed by atoms with Crippen molar-refractivity contribution >= 4 is 23.7 Å². The van der Waals surface area contributed by atoms with E-state index in [1.807, 2.05) is 56.3 Å². The average Bonchev–Trinajstić information content (AvgIpc) is 2.97. The number of benzene rings is 3. The number of carbonyl (C=O) groups excluding carboxylic acids is 2. The molecule has 9 nitrogen and oxygen atoms in total. The molecule has 0 bridgehead atoms. The third-order valence-corrected chi connectivity index (χ3v) is 6.50. The van der Waals surface area contributed by atoms with Crippen molar-refractivity contribution in [1.29, 1.82) is 0 Å². The van der Waals surface area contributed by atoms with E-state index < -0.39 is 0 Å². The molecule has 2 N–H and O–H groups in total. The van der Waals surface area contributed by atoms with Gasteiger partial charge in [0, 0.05) is 44.3 Å². The molecule has 0 atom stereocenters. The second-order valence-corrected chi connectivity index (χ2v) is 9.91. The Morgan fingerprint density at radius 3 is 2.33 bits per heavy atom. The lowest BCUT2D eigenvalue weighted by molar-refractivity contribution is -0.123. The number of rotatable bonds is 11. The molecular weight excluding hydrogens is 506 g/mol. The second kappa shape index (κ2) is 14.1. The van der Waals surface area contributed by atoms with Gasteiger partial charge in [-0.25, -0.2) is 5.43 Å². The van der Waals surface area contributed by atoms with Crippen LogP contribution in [0, 0.1) is 0 Å². The van der Waals surface area contributed by atoms with E-state index >= 15 is 0 Å². The Balaban J connectivity index is 1.20. The standard InChI is InChI=1S/C31H37N5O4/c1-23(2)33-30(37)22-40-27-14-10-24(11-15-27)20-32-34-31(38)26-12-8-25(9-13-26)21-35-16-18-36(19-17-35)28-6-4-5-7-29(28)39-3/h4-15,20,23H,16-19,21-22H2,1-3H3,(H,33,37)(H,34,38). The Morgan fingerprint density at radius 1 is 0.950 bits per heavy atom. The van der Waals surface area contributed by atoms with Crippen molar-refractivity contribution in [1.82, 2.24) is 15.6 Å². The zero-order chi connectivity index (χ0) is 28.3. The van der Waals surface area contributed by atoms with Gasteiger partial charge in [0.15, 0.2) is 6.61 Å². The van der Waals surface area contributed by atoms with E-state index in [-0.39, 0.29) is 24.5 Å². The molecule has 0 aromatic heterocycles. The van der Waals surface area contributed by atoms with Crippen LogP contribution in [0.5, 0.6) is 11.5 Å². The summed E-state index contributed by atoms with van der Waals surface area (Å²) in [5, 5.41) is 6.84. The smallest absolute Gasteiger partial charge is 0.271 e. The van der Waals surface area contributed by atoms with Gasteiger partial charge in [0.25, 0.3) is 11.8 Å². The number of para-hydroxylation sites is 2. The van der Waals surface area contributed by atoms with Gasteiger partial charge in [0.1, 0.15) is 11.5 Å². The van der Waals surface area contributed by atoms with Gasteiger partial charge in [-0.15, -0.1) is 0 Å². The maximum absolute atomic E-state index is 12.5. The van der Waals surface area contributed by atoms with Gasteiger partial charge >= 0.3 is 0 Å². The minimum atomic E-state index is -0.274. The highest BCUT2D eigenvalue weighted by atomic mass is 16.5.